The van der Waals surface area contributed by atoms with Crippen molar-refractivity contribution in [1.29, 1.82) is 0 Å². The predicted molar refractivity (Wildman–Crippen MR) is 111 cm³/mol. The van der Waals surface area contributed by atoms with Crippen molar-refractivity contribution in [3.63, 3.8) is 0 Å². The highest BCUT2D eigenvalue weighted by atomic mass is 16.2. The molecule has 0 saturated carbocycles. The standard InChI is InChI=1S/C20H35N5O/c1-5-7-8-9-13-22-20(21-6-2)23-15-17-11-10-12-18(14-17)24-19(26)16-25(3)4/h10-12,14H,5-9,13,15-16H2,1-4H3,(H,24,26)(H2,21,22,23). The largest absolute Gasteiger partial charge is 0.357 e. The van der Waals surface area contributed by atoms with Gasteiger partial charge in [-0.1, -0.05) is 38.3 Å². The molecule has 6 nitrogen and oxygen atoms in total. The Bertz CT molecular complexity index is 557. The van der Waals surface area contributed by atoms with E-state index in [0.717, 1.165) is 36.7 Å². The molecule has 0 bridgehead atoms. The second-order valence-corrected chi connectivity index (χ2v) is 6.67. The molecule has 0 radical (unpaired) electrons. The van der Waals surface area contributed by atoms with E-state index in [9.17, 15) is 4.79 Å². The van der Waals surface area contributed by atoms with Crippen LogP contribution in [-0.2, 0) is 11.3 Å². The van der Waals surface area contributed by atoms with Gasteiger partial charge in [0.2, 0.25) is 5.91 Å². The highest BCUT2D eigenvalue weighted by Gasteiger charge is 2.04. The fourth-order valence-electron chi connectivity index (χ4n) is 2.51. The molecule has 0 fully saturated rings. The van der Waals surface area contributed by atoms with Crippen LogP contribution >= 0.6 is 0 Å². The lowest BCUT2D eigenvalue weighted by molar-refractivity contribution is -0.116. The molecule has 26 heavy (non-hydrogen) atoms. The van der Waals surface area contributed by atoms with Gasteiger partial charge in [0, 0.05) is 18.8 Å². The van der Waals surface area contributed by atoms with Crippen molar-refractivity contribution in [2.24, 2.45) is 4.99 Å². The van der Waals surface area contributed by atoms with Crippen molar-refractivity contribution >= 4 is 17.6 Å². The smallest absolute Gasteiger partial charge is 0.238 e. The Labute approximate surface area is 158 Å². The Balaban J connectivity index is 2.56. The minimum Gasteiger partial charge on any atom is -0.357 e. The van der Waals surface area contributed by atoms with Crippen LogP contribution in [-0.4, -0.2) is 50.5 Å². The maximum atomic E-state index is 11.9. The molecule has 6 heteroatoms. The van der Waals surface area contributed by atoms with Gasteiger partial charge in [-0.05, 0) is 45.1 Å². The fourth-order valence-corrected chi connectivity index (χ4v) is 2.51. The molecule has 1 aromatic carbocycles. The van der Waals surface area contributed by atoms with Crippen LogP contribution in [0.15, 0.2) is 29.3 Å². The maximum Gasteiger partial charge on any atom is 0.238 e. The summed E-state index contributed by atoms with van der Waals surface area (Å²) in [6, 6.07) is 7.84. The van der Waals surface area contributed by atoms with Gasteiger partial charge in [-0.15, -0.1) is 0 Å². The number of guanidine groups is 1. The minimum atomic E-state index is -0.0160. The van der Waals surface area contributed by atoms with Gasteiger partial charge < -0.3 is 20.9 Å². The van der Waals surface area contributed by atoms with Gasteiger partial charge >= 0.3 is 0 Å². The lowest BCUT2D eigenvalue weighted by atomic mass is 10.2. The molecular formula is C20H35N5O. The second-order valence-electron chi connectivity index (χ2n) is 6.67. The molecule has 0 spiro atoms. The molecular weight excluding hydrogens is 326 g/mol. The summed E-state index contributed by atoms with van der Waals surface area (Å²) in [6.07, 6.45) is 4.93. The molecule has 0 atom stereocenters. The molecule has 0 unspecified atom stereocenters. The number of aliphatic imine (C=N–C) groups is 1. The van der Waals surface area contributed by atoms with Gasteiger partial charge in [0.25, 0.3) is 0 Å². The number of benzene rings is 1. The normalized spacial score (nSPS) is 11.5. The van der Waals surface area contributed by atoms with Crippen molar-refractivity contribution in [3.8, 4) is 0 Å². The summed E-state index contributed by atoms with van der Waals surface area (Å²) < 4.78 is 0. The molecule has 1 amide bonds. The summed E-state index contributed by atoms with van der Waals surface area (Å²) in [6.45, 7) is 7.00. The zero-order valence-electron chi connectivity index (χ0n) is 16.8. The highest BCUT2D eigenvalue weighted by Crippen LogP contribution is 2.11. The molecule has 0 aliphatic heterocycles. The molecule has 1 rings (SSSR count). The first-order valence-corrected chi connectivity index (χ1v) is 9.60. The molecule has 0 aromatic heterocycles. The number of hydrogen-bond donors (Lipinski definition) is 3. The van der Waals surface area contributed by atoms with E-state index >= 15 is 0 Å². The molecule has 0 aliphatic rings. The number of anilines is 1. The van der Waals surface area contributed by atoms with E-state index in [1.165, 1.54) is 19.3 Å². The third-order valence-electron chi connectivity index (χ3n) is 3.76. The van der Waals surface area contributed by atoms with Crippen LogP contribution in [0.5, 0.6) is 0 Å². The third kappa shape index (κ3) is 10.0. The van der Waals surface area contributed by atoms with Crippen LogP contribution < -0.4 is 16.0 Å². The summed E-state index contributed by atoms with van der Waals surface area (Å²) in [5.41, 5.74) is 1.87. The molecule has 0 aliphatic carbocycles. The van der Waals surface area contributed by atoms with Crippen LogP contribution in [0.1, 0.15) is 45.1 Å². The van der Waals surface area contributed by atoms with E-state index in [0.29, 0.717) is 13.1 Å². The Kier molecular flexibility index (Phi) is 11.1. The number of unbranched alkanes of at least 4 members (excludes halogenated alkanes) is 3. The van der Waals surface area contributed by atoms with E-state index in [2.05, 4.69) is 34.8 Å². The van der Waals surface area contributed by atoms with Crippen LogP contribution in [0.2, 0.25) is 0 Å². The number of nitrogens with zero attached hydrogens (tertiary/aromatic N) is 2. The maximum absolute atomic E-state index is 11.9. The van der Waals surface area contributed by atoms with Crippen LogP contribution in [0.3, 0.4) is 0 Å². The quantitative estimate of drug-likeness (QED) is 0.322. The number of rotatable bonds is 11. The van der Waals surface area contributed by atoms with Crippen LogP contribution in [0, 0.1) is 0 Å². The highest BCUT2D eigenvalue weighted by molar-refractivity contribution is 5.92. The van der Waals surface area contributed by atoms with Gasteiger partial charge in [0.15, 0.2) is 5.96 Å². The number of likely N-dealkylation sites (N-methyl/N-ethyl adjacent to an activating group) is 1. The van der Waals surface area contributed by atoms with Gasteiger partial charge in [-0.3, -0.25) is 4.79 Å². The van der Waals surface area contributed by atoms with Gasteiger partial charge in [-0.25, -0.2) is 4.99 Å². The first-order chi connectivity index (χ1) is 12.5. The summed E-state index contributed by atoms with van der Waals surface area (Å²) in [5.74, 6) is 0.823. The van der Waals surface area contributed by atoms with E-state index < -0.39 is 0 Å². The van der Waals surface area contributed by atoms with Crippen molar-refractivity contribution in [1.82, 2.24) is 15.5 Å². The first kappa shape index (κ1) is 22.0. The average molecular weight is 362 g/mol. The SMILES string of the molecule is CCCCCCNC(=NCc1cccc(NC(=O)CN(C)C)c1)NCC. The minimum absolute atomic E-state index is 0.0160. The average Bonchev–Trinajstić information content (AvgIpc) is 2.59. The van der Waals surface area contributed by atoms with E-state index in [1.54, 1.807) is 0 Å². The lowest BCUT2D eigenvalue weighted by Crippen LogP contribution is -2.37. The molecule has 3 N–H and O–H groups in total. The lowest BCUT2D eigenvalue weighted by Gasteiger charge is -2.12. The Morgan fingerprint density at radius 3 is 2.62 bits per heavy atom. The monoisotopic (exact) mass is 361 g/mol. The van der Waals surface area contributed by atoms with Crippen molar-refractivity contribution in [2.75, 3.05) is 39.0 Å². The van der Waals surface area contributed by atoms with Crippen LogP contribution in [0.4, 0.5) is 5.69 Å². The molecule has 0 heterocycles. The van der Waals surface area contributed by atoms with E-state index in [4.69, 9.17) is 0 Å². The Morgan fingerprint density at radius 1 is 1.12 bits per heavy atom. The number of amides is 1. The number of hydrogen-bond acceptors (Lipinski definition) is 3. The summed E-state index contributed by atoms with van der Waals surface area (Å²) in [7, 11) is 3.75. The predicted octanol–water partition coefficient (Wildman–Crippen LogP) is 2.82. The third-order valence-corrected chi connectivity index (χ3v) is 3.76. The first-order valence-electron chi connectivity index (χ1n) is 9.60. The number of carbonyl (C=O) groups excluding carboxylic acids is 1. The number of nitrogens with one attached hydrogen (secondary N) is 3. The molecule has 146 valence electrons. The zero-order chi connectivity index (χ0) is 19.2. The fraction of sp³-hybridized carbons (Fsp3) is 0.600. The van der Waals surface area contributed by atoms with Crippen molar-refractivity contribution in [2.45, 2.75) is 46.1 Å². The van der Waals surface area contributed by atoms with Crippen molar-refractivity contribution < 1.29 is 4.79 Å². The Morgan fingerprint density at radius 2 is 1.92 bits per heavy atom. The van der Waals surface area contributed by atoms with Crippen molar-refractivity contribution in [3.05, 3.63) is 29.8 Å². The Hall–Kier alpha value is -2.08. The van der Waals surface area contributed by atoms with Gasteiger partial charge in [-0.2, -0.15) is 0 Å². The van der Waals surface area contributed by atoms with Crippen LogP contribution in [0.25, 0.3) is 0 Å². The second kappa shape index (κ2) is 13.2. The summed E-state index contributed by atoms with van der Waals surface area (Å²) in [5, 5.41) is 9.58. The number of carbonyl (C=O) groups is 1. The van der Waals surface area contributed by atoms with E-state index in [1.807, 2.05) is 43.3 Å². The van der Waals surface area contributed by atoms with Gasteiger partial charge in [0.05, 0.1) is 13.1 Å². The van der Waals surface area contributed by atoms with E-state index in [-0.39, 0.29) is 5.91 Å². The molecule has 0 saturated heterocycles. The summed E-state index contributed by atoms with van der Waals surface area (Å²) >= 11 is 0. The zero-order valence-corrected chi connectivity index (χ0v) is 16.8. The topological polar surface area (TPSA) is 68.8 Å². The molecule has 1 aromatic rings. The summed E-state index contributed by atoms with van der Waals surface area (Å²) in [4.78, 5) is 18.4. The van der Waals surface area contributed by atoms with Gasteiger partial charge in [0.1, 0.15) is 0 Å².